The van der Waals surface area contributed by atoms with Crippen LogP contribution in [0.15, 0.2) is 53.6 Å². The molecule has 2 aliphatic heterocycles. The van der Waals surface area contributed by atoms with Crippen LogP contribution in [0.2, 0.25) is 0 Å². The van der Waals surface area contributed by atoms with Gasteiger partial charge in [-0.25, -0.2) is 9.40 Å². The minimum absolute atomic E-state index is 0.0397. The maximum absolute atomic E-state index is 14.0. The molecular weight excluding hydrogens is 443 g/mol. The molecule has 0 bridgehead atoms. The summed E-state index contributed by atoms with van der Waals surface area (Å²) in [7, 11) is 2.07. The van der Waals surface area contributed by atoms with Crippen LogP contribution in [0.25, 0.3) is 0 Å². The Morgan fingerprint density at radius 3 is 2.57 bits per heavy atom. The zero-order valence-corrected chi connectivity index (χ0v) is 21.3. The summed E-state index contributed by atoms with van der Waals surface area (Å²) in [5.41, 5.74) is 2.74. The number of hydrogen-bond donors (Lipinski definition) is 1. The highest BCUT2D eigenvalue weighted by Gasteiger charge is 2.53. The standard InChI is InChI=1S/C28H37FN4O2/c1-5-6-7-25-26(21-10-12-22(29)13-11-21)31-33(23-14-8-20(2)9-15-23)28(25,3)27(34)30-18-24-19-32(4)16-17-35-24/h8-15,24-25H,5-7,16-19H2,1-4H3,(H,30,34). The third-order valence-electron chi connectivity index (χ3n) is 7.21. The molecular formula is C28H37FN4O2. The van der Waals surface area contributed by atoms with Gasteiger partial charge in [0.25, 0.3) is 0 Å². The van der Waals surface area contributed by atoms with E-state index in [1.54, 1.807) is 12.1 Å². The molecule has 188 valence electrons. The molecule has 2 heterocycles. The fourth-order valence-electron chi connectivity index (χ4n) is 5.04. The Morgan fingerprint density at radius 1 is 1.20 bits per heavy atom. The van der Waals surface area contributed by atoms with Crippen LogP contribution in [-0.2, 0) is 9.53 Å². The number of ether oxygens (including phenoxy) is 1. The van der Waals surface area contributed by atoms with E-state index in [0.29, 0.717) is 13.2 Å². The summed E-state index contributed by atoms with van der Waals surface area (Å²) < 4.78 is 19.6. The summed E-state index contributed by atoms with van der Waals surface area (Å²) in [5, 5.41) is 10.1. The van der Waals surface area contributed by atoms with Crippen molar-refractivity contribution in [3.05, 3.63) is 65.5 Å². The second kappa shape index (κ2) is 10.9. The molecule has 1 fully saturated rings. The lowest BCUT2D eigenvalue weighted by Crippen LogP contribution is -2.59. The Morgan fingerprint density at radius 2 is 1.91 bits per heavy atom. The average molecular weight is 481 g/mol. The number of rotatable bonds is 8. The average Bonchev–Trinajstić information content (AvgIpc) is 3.15. The molecule has 1 saturated heterocycles. The molecule has 6 nitrogen and oxygen atoms in total. The summed E-state index contributed by atoms with van der Waals surface area (Å²) in [6.45, 7) is 8.98. The second-order valence-electron chi connectivity index (χ2n) is 9.95. The number of carbonyl (C=O) groups excluding carboxylic acids is 1. The van der Waals surface area contributed by atoms with Gasteiger partial charge >= 0.3 is 0 Å². The molecule has 0 aliphatic carbocycles. The van der Waals surface area contributed by atoms with Crippen LogP contribution in [-0.4, -0.2) is 61.5 Å². The van der Waals surface area contributed by atoms with E-state index < -0.39 is 5.54 Å². The number of hydrazone groups is 1. The van der Waals surface area contributed by atoms with Crippen molar-refractivity contribution >= 4 is 17.3 Å². The molecule has 2 aromatic carbocycles. The van der Waals surface area contributed by atoms with E-state index in [1.807, 2.05) is 43.1 Å². The Hall–Kier alpha value is -2.77. The number of anilines is 1. The molecule has 35 heavy (non-hydrogen) atoms. The molecule has 0 spiro atoms. The van der Waals surface area contributed by atoms with Gasteiger partial charge in [0, 0.05) is 25.6 Å². The van der Waals surface area contributed by atoms with E-state index in [-0.39, 0.29) is 23.7 Å². The normalized spacial score (nSPS) is 24.9. The number of nitrogens with one attached hydrogen (secondary N) is 1. The molecule has 3 atom stereocenters. The van der Waals surface area contributed by atoms with Crippen LogP contribution in [0.5, 0.6) is 0 Å². The number of nitrogens with zero attached hydrogens (tertiary/aromatic N) is 3. The first kappa shape index (κ1) is 25.3. The number of unbranched alkanes of at least 4 members (excludes halogenated alkanes) is 1. The number of benzene rings is 2. The molecule has 0 saturated carbocycles. The second-order valence-corrected chi connectivity index (χ2v) is 9.95. The topological polar surface area (TPSA) is 57.2 Å². The molecule has 2 aromatic rings. The van der Waals surface area contributed by atoms with Gasteiger partial charge in [0.05, 0.1) is 24.1 Å². The minimum atomic E-state index is -0.936. The van der Waals surface area contributed by atoms with Gasteiger partial charge in [0.1, 0.15) is 11.4 Å². The number of morpholine rings is 1. The zero-order chi connectivity index (χ0) is 25.0. The van der Waals surface area contributed by atoms with Crippen LogP contribution in [0.4, 0.5) is 10.1 Å². The smallest absolute Gasteiger partial charge is 0.248 e. The van der Waals surface area contributed by atoms with Crippen molar-refractivity contribution < 1.29 is 13.9 Å². The van der Waals surface area contributed by atoms with Crippen molar-refractivity contribution in [2.24, 2.45) is 11.0 Å². The van der Waals surface area contributed by atoms with Gasteiger partial charge in [-0.3, -0.25) is 4.79 Å². The maximum atomic E-state index is 14.0. The van der Waals surface area contributed by atoms with E-state index in [2.05, 4.69) is 24.2 Å². The Labute approximate surface area is 208 Å². The highest BCUT2D eigenvalue weighted by atomic mass is 19.1. The van der Waals surface area contributed by atoms with Crippen LogP contribution < -0.4 is 10.3 Å². The first-order valence-corrected chi connectivity index (χ1v) is 12.6. The van der Waals surface area contributed by atoms with Crippen LogP contribution in [0.1, 0.15) is 44.2 Å². The van der Waals surface area contributed by atoms with E-state index in [9.17, 15) is 9.18 Å². The van der Waals surface area contributed by atoms with Gasteiger partial charge in [-0.2, -0.15) is 5.10 Å². The molecule has 1 N–H and O–H groups in total. The van der Waals surface area contributed by atoms with Gasteiger partial charge in [-0.05, 0) is 57.1 Å². The Kier molecular flexibility index (Phi) is 7.87. The predicted octanol–water partition coefficient (Wildman–Crippen LogP) is 4.37. The van der Waals surface area contributed by atoms with Crippen molar-refractivity contribution in [1.29, 1.82) is 0 Å². The van der Waals surface area contributed by atoms with Crippen LogP contribution in [0, 0.1) is 18.7 Å². The summed E-state index contributed by atoms with van der Waals surface area (Å²) in [4.78, 5) is 16.2. The third kappa shape index (κ3) is 5.41. The van der Waals surface area contributed by atoms with Crippen molar-refractivity contribution in [2.75, 3.05) is 38.3 Å². The summed E-state index contributed by atoms with van der Waals surface area (Å²) in [6.07, 6.45) is 2.74. The first-order valence-electron chi connectivity index (χ1n) is 12.6. The number of amides is 1. The fraction of sp³-hybridized carbons (Fsp3) is 0.500. The maximum Gasteiger partial charge on any atom is 0.248 e. The number of hydrogen-bond acceptors (Lipinski definition) is 5. The van der Waals surface area contributed by atoms with Crippen molar-refractivity contribution in [3.8, 4) is 0 Å². The SMILES string of the molecule is CCCCC1C(c2ccc(F)cc2)=NN(c2ccc(C)cc2)C1(C)C(=O)NCC1CN(C)CCO1. The number of halogens is 1. The van der Waals surface area contributed by atoms with Crippen molar-refractivity contribution in [2.45, 2.75) is 51.7 Å². The van der Waals surface area contributed by atoms with Gasteiger partial charge in [0.15, 0.2) is 0 Å². The highest BCUT2D eigenvalue weighted by Crippen LogP contribution is 2.41. The van der Waals surface area contributed by atoms with E-state index in [4.69, 9.17) is 9.84 Å². The monoisotopic (exact) mass is 480 g/mol. The number of likely N-dealkylation sites (N-methyl/N-ethyl adjacent to an activating group) is 1. The van der Waals surface area contributed by atoms with Crippen molar-refractivity contribution in [3.63, 3.8) is 0 Å². The predicted molar refractivity (Wildman–Crippen MR) is 138 cm³/mol. The number of aryl methyl sites for hydroxylation is 1. The number of carbonyl (C=O) groups is 1. The first-order chi connectivity index (χ1) is 16.8. The summed E-state index contributed by atoms with van der Waals surface area (Å²) in [5.74, 6) is -0.508. The largest absolute Gasteiger partial charge is 0.374 e. The lowest BCUT2D eigenvalue weighted by atomic mass is 9.77. The Balaban J connectivity index is 1.69. The zero-order valence-electron chi connectivity index (χ0n) is 21.3. The van der Waals surface area contributed by atoms with Gasteiger partial charge in [0.2, 0.25) is 5.91 Å². The van der Waals surface area contributed by atoms with Gasteiger partial charge in [-0.15, -0.1) is 0 Å². The lowest BCUT2D eigenvalue weighted by molar-refractivity contribution is -0.128. The molecule has 1 amide bonds. The highest BCUT2D eigenvalue weighted by molar-refractivity contribution is 6.10. The van der Waals surface area contributed by atoms with E-state index >= 15 is 0 Å². The lowest BCUT2D eigenvalue weighted by Gasteiger charge is -2.38. The molecule has 2 aliphatic rings. The van der Waals surface area contributed by atoms with E-state index in [1.165, 1.54) is 12.1 Å². The summed E-state index contributed by atoms with van der Waals surface area (Å²) in [6, 6.07) is 14.5. The molecule has 4 rings (SSSR count). The molecule has 3 unspecified atom stereocenters. The van der Waals surface area contributed by atoms with Gasteiger partial charge in [-0.1, -0.05) is 49.6 Å². The minimum Gasteiger partial charge on any atom is -0.374 e. The molecule has 0 radical (unpaired) electrons. The third-order valence-corrected chi connectivity index (χ3v) is 7.21. The quantitative estimate of drug-likeness (QED) is 0.610. The van der Waals surface area contributed by atoms with Crippen LogP contribution in [0.3, 0.4) is 0 Å². The molecule has 0 aromatic heterocycles. The van der Waals surface area contributed by atoms with Crippen molar-refractivity contribution in [1.82, 2.24) is 10.2 Å². The van der Waals surface area contributed by atoms with Gasteiger partial charge < -0.3 is 15.0 Å². The van der Waals surface area contributed by atoms with Crippen LogP contribution >= 0.6 is 0 Å². The Bertz CT molecular complexity index is 1040. The van der Waals surface area contributed by atoms with E-state index in [0.717, 1.165) is 54.9 Å². The molecule has 7 heteroatoms. The fourth-order valence-corrected chi connectivity index (χ4v) is 5.04. The summed E-state index contributed by atoms with van der Waals surface area (Å²) >= 11 is 0.